The van der Waals surface area contributed by atoms with Crippen LogP contribution in [0.15, 0.2) is 72.8 Å². The van der Waals surface area contributed by atoms with Gasteiger partial charge in [-0.15, -0.1) is 0 Å². The number of para-hydroxylation sites is 1. The molecule has 3 aromatic carbocycles. The van der Waals surface area contributed by atoms with Gasteiger partial charge in [-0.1, -0.05) is 42.5 Å². The molecule has 2 aliphatic heterocycles. The number of hydrogen-bond acceptors (Lipinski definition) is 3. The van der Waals surface area contributed by atoms with Crippen LogP contribution >= 0.6 is 0 Å². The Morgan fingerprint density at radius 2 is 1.70 bits per heavy atom. The summed E-state index contributed by atoms with van der Waals surface area (Å²) in [5.41, 5.74) is -0.519. The summed E-state index contributed by atoms with van der Waals surface area (Å²) in [5.74, 6) is -3.20. The van der Waals surface area contributed by atoms with Crippen LogP contribution in [0.25, 0.3) is 0 Å². The lowest BCUT2D eigenvalue weighted by Crippen LogP contribution is -2.69. The second kappa shape index (κ2) is 7.81. The molecule has 0 unspecified atom stereocenters. The first-order valence-corrected chi connectivity index (χ1v) is 10.5. The molecule has 1 saturated heterocycles. The number of rotatable bonds is 4. The Morgan fingerprint density at radius 1 is 0.970 bits per heavy atom. The second-order valence-electron chi connectivity index (χ2n) is 8.02. The van der Waals surface area contributed by atoms with E-state index in [2.05, 4.69) is 5.32 Å². The molecule has 1 atom stereocenters. The number of hydrogen-bond donors (Lipinski definition) is 1. The van der Waals surface area contributed by atoms with Gasteiger partial charge < -0.3 is 10.2 Å². The molecule has 2 aliphatic rings. The Bertz CT molecular complexity index is 1280. The molecule has 0 aromatic heterocycles. The van der Waals surface area contributed by atoms with E-state index in [1.807, 2.05) is 30.3 Å². The van der Waals surface area contributed by atoms with Crippen LogP contribution in [0.4, 0.5) is 20.2 Å². The number of anilines is 2. The SMILES string of the molecule is O=C1c2ccccc2N2C(=O)CC[C@@]2(C(=O)Nc2ccc(F)cc2F)N1Cc1ccccc1. The minimum Gasteiger partial charge on any atom is -0.320 e. The molecule has 0 saturated carbocycles. The summed E-state index contributed by atoms with van der Waals surface area (Å²) in [7, 11) is 0. The molecule has 166 valence electrons. The van der Waals surface area contributed by atoms with Crippen molar-refractivity contribution in [3.63, 3.8) is 0 Å². The van der Waals surface area contributed by atoms with Crippen LogP contribution in [-0.4, -0.2) is 28.3 Å². The molecule has 8 heteroatoms. The normalized spacial score (nSPS) is 19.3. The lowest BCUT2D eigenvalue weighted by atomic mass is 9.94. The molecule has 2 heterocycles. The lowest BCUT2D eigenvalue weighted by Gasteiger charge is -2.49. The number of fused-ring (bicyclic) bond motifs is 3. The highest BCUT2D eigenvalue weighted by Crippen LogP contribution is 2.45. The van der Waals surface area contributed by atoms with Gasteiger partial charge in [-0.05, 0) is 29.8 Å². The Morgan fingerprint density at radius 3 is 2.45 bits per heavy atom. The summed E-state index contributed by atoms with van der Waals surface area (Å²) >= 11 is 0. The van der Waals surface area contributed by atoms with E-state index in [1.165, 1.54) is 9.80 Å². The Balaban J connectivity index is 1.65. The van der Waals surface area contributed by atoms with Crippen molar-refractivity contribution in [2.75, 3.05) is 10.2 Å². The van der Waals surface area contributed by atoms with E-state index in [1.54, 1.807) is 24.3 Å². The van der Waals surface area contributed by atoms with Crippen molar-refractivity contribution in [1.82, 2.24) is 4.90 Å². The van der Waals surface area contributed by atoms with E-state index in [0.29, 0.717) is 17.3 Å². The molecule has 0 aliphatic carbocycles. The van der Waals surface area contributed by atoms with Gasteiger partial charge in [0.15, 0.2) is 0 Å². The molecular weight excluding hydrogens is 428 g/mol. The van der Waals surface area contributed by atoms with Gasteiger partial charge in [0.05, 0.1) is 16.9 Å². The van der Waals surface area contributed by atoms with E-state index in [0.717, 1.165) is 17.7 Å². The van der Waals surface area contributed by atoms with Crippen LogP contribution in [-0.2, 0) is 16.1 Å². The monoisotopic (exact) mass is 447 g/mol. The van der Waals surface area contributed by atoms with Gasteiger partial charge in [-0.2, -0.15) is 0 Å². The van der Waals surface area contributed by atoms with E-state index < -0.39 is 29.1 Å². The first kappa shape index (κ1) is 20.8. The second-order valence-corrected chi connectivity index (χ2v) is 8.02. The molecule has 3 aromatic rings. The zero-order chi connectivity index (χ0) is 23.2. The minimum atomic E-state index is -1.70. The predicted octanol–water partition coefficient (Wildman–Crippen LogP) is 4.08. The van der Waals surface area contributed by atoms with Crippen molar-refractivity contribution >= 4 is 29.1 Å². The van der Waals surface area contributed by atoms with Crippen molar-refractivity contribution in [3.05, 3.63) is 95.6 Å². The largest absolute Gasteiger partial charge is 0.320 e. The summed E-state index contributed by atoms with van der Waals surface area (Å²) in [4.78, 5) is 43.1. The number of nitrogens with zero attached hydrogens (tertiary/aromatic N) is 2. The van der Waals surface area contributed by atoms with E-state index >= 15 is 0 Å². The summed E-state index contributed by atoms with van der Waals surface area (Å²) in [6, 6.07) is 18.5. The Hall–Kier alpha value is -4.07. The quantitative estimate of drug-likeness (QED) is 0.655. The van der Waals surface area contributed by atoms with E-state index in [4.69, 9.17) is 0 Å². The average Bonchev–Trinajstić information content (AvgIpc) is 3.17. The van der Waals surface area contributed by atoms with Crippen LogP contribution in [0.1, 0.15) is 28.8 Å². The number of carbonyl (C=O) groups excluding carboxylic acids is 3. The number of amides is 3. The summed E-state index contributed by atoms with van der Waals surface area (Å²) < 4.78 is 27.7. The van der Waals surface area contributed by atoms with Crippen LogP contribution in [0.5, 0.6) is 0 Å². The fourth-order valence-corrected chi connectivity index (χ4v) is 4.58. The van der Waals surface area contributed by atoms with Crippen molar-refractivity contribution < 1.29 is 23.2 Å². The Kier molecular flexibility index (Phi) is 4.92. The fraction of sp³-hybridized carbons (Fsp3) is 0.160. The zero-order valence-corrected chi connectivity index (χ0v) is 17.4. The molecular formula is C25H19F2N3O3. The van der Waals surface area contributed by atoms with Gasteiger partial charge >= 0.3 is 0 Å². The van der Waals surface area contributed by atoms with Crippen LogP contribution < -0.4 is 10.2 Å². The van der Waals surface area contributed by atoms with Gasteiger partial charge in [0.25, 0.3) is 11.8 Å². The molecule has 1 N–H and O–H groups in total. The maximum Gasteiger partial charge on any atom is 0.271 e. The number of nitrogens with one attached hydrogen (secondary N) is 1. The lowest BCUT2D eigenvalue weighted by molar-refractivity contribution is -0.129. The van der Waals surface area contributed by atoms with Gasteiger partial charge in [-0.25, -0.2) is 8.78 Å². The van der Waals surface area contributed by atoms with Gasteiger partial charge in [-0.3, -0.25) is 19.3 Å². The Labute approximate surface area is 188 Å². The van der Waals surface area contributed by atoms with E-state index in [9.17, 15) is 23.2 Å². The predicted molar refractivity (Wildman–Crippen MR) is 117 cm³/mol. The van der Waals surface area contributed by atoms with Crippen molar-refractivity contribution in [2.24, 2.45) is 0 Å². The molecule has 0 radical (unpaired) electrons. The summed E-state index contributed by atoms with van der Waals surface area (Å²) in [5, 5.41) is 2.49. The summed E-state index contributed by atoms with van der Waals surface area (Å²) in [6.45, 7) is 0.0666. The van der Waals surface area contributed by atoms with Gasteiger partial charge in [0.1, 0.15) is 11.6 Å². The molecule has 1 fully saturated rings. The molecule has 33 heavy (non-hydrogen) atoms. The third-order valence-electron chi connectivity index (χ3n) is 6.10. The molecule has 0 bridgehead atoms. The average molecular weight is 447 g/mol. The first-order chi connectivity index (χ1) is 15.9. The van der Waals surface area contributed by atoms with Crippen LogP contribution in [0, 0.1) is 11.6 Å². The van der Waals surface area contributed by atoms with Crippen LogP contribution in [0.3, 0.4) is 0 Å². The minimum absolute atomic E-state index is 0.0340. The first-order valence-electron chi connectivity index (χ1n) is 10.5. The third-order valence-corrected chi connectivity index (χ3v) is 6.10. The van der Waals surface area contributed by atoms with E-state index in [-0.39, 0.29) is 31.0 Å². The smallest absolute Gasteiger partial charge is 0.271 e. The standard InChI is InChI=1S/C25H19F2N3O3/c26-17-10-11-20(19(27)14-17)28-24(33)25-13-12-22(31)30(25)21-9-5-4-8-18(21)23(32)29(25)15-16-6-2-1-3-7-16/h1-11,14H,12-13,15H2,(H,28,33)/t25-/m1/s1. The van der Waals surface area contributed by atoms with Crippen molar-refractivity contribution in [3.8, 4) is 0 Å². The number of halogens is 2. The molecule has 3 amide bonds. The van der Waals surface area contributed by atoms with Crippen molar-refractivity contribution in [1.29, 1.82) is 0 Å². The molecule has 5 rings (SSSR count). The summed E-state index contributed by atoms with van der Waals surface area (Å²) in [6.07, 6.45) is 0.0691. The highest BCUT2D eigenvalue weighted by Gasteiger charge is 2.60. The maximum absolute atomic E-state index is 14.3. The molecule has 0 spiro atoms. The number of carbonyl (C=O) groups is 3. The highest BCUT2D eigenvalue weighted by atomic mass is 19.1. The maximum atomic E-state index is 14.3. The van der Waals surface area contributed by atoms with Gasteiger partial charge in [0.2, 0.25) is 11.6 Å². The highest BCUT2D eigenvalue weighted by molar-refractivity contribution is 6.18. The fourth-order valence-electron chi connectivity index (χ4n) is 4.58. The zero-order valence-electron chi connectivity index (χ0n) is 17.4. The molecule has 6 nitrogen and oxygen atoms in total. The van der Waals surface area contributed by atoms with Crippen molar-refractivity contribution in [2.45, 2.75) is 25.0 Å². The number of benzene rings is 3. The third kappa shape index (κ3) is 3.26. The van der Waals surface area contributed by atoms with Gasteiger partial charge in [0, 0.05) is 25.5 Å². The van der Waals surface area contributed by atoms with Crippen LogP contribution in [0.2, 0.25) is 0 Å². The topological polar surface area (TPSA) is 69.7 Å².